The van der Waals surface area contributed by atoms with Crippen LogP contribution in [0.1, 0.15) is 28.2 Å². The van der Waals surface area contributed by atoms with Gasteiger partial charge in [-0.05, 0) is 63.6 Å². The lowest BCUT2D eigenvalue weighted by atomic mass is 10.1. The highest BCUT2D eigenvalue weighted by molar-refractivity contribution is 5.88. The van der Waals surface area contributed by atoms with Crippen LogP contribution < -0.4 is 14.8 Å². The van der Waals surface area contributed by atoms with Crippen molar-refractivity contribution < 1.29 is 14.3 Å². The highest BCUT2D eigenvalue weighted by Crippen LogP contribution is 2.28. The smallest absolute Gasteiger partial charge is 0.242 e. The van der Waals surface area contributed by atoms with Gasteiger partial charge in [-0.2, -0.15) is 5.10 Å². The SMILES string of the molecule is COc1ccc(CNC(=O)Cn2nc(-n3c(C)ccc3C)c3c(C)cc(C)nc32)c(OC)c1. The van der Waals surface area contributed by atoms with E-state index in [9.17, 15) is 4.79 Å². The number of amides is 1. The molecule has 4 aromatic rings. The standard InChI is InChI=1S/C25H29N5O3/c1-15-11-16(2)27-24-23(15)25(30-17(3)7-8-18(30)4)28-29(24)14-22(31)26-13-19-9-10-20(32-5)12-21(19)33-6/h7-12H,13-14H2,1-6H3,(H,26,31). The molecule has 8 heteroatoms. The maximum Gasteiger partial charge on any atom is 0.242 e. The second-order valence-corrected chi connectivity index (χ2v) is 8.17. The van der Waals surface area contributed by atoms with E-state index in [0.29, 0.717) is 23.7 Å². The van der Waals surface area contributed by atoms with Crippen molar-refractivity contribution in [1.82, 2.24) is 24.6 Å². The lowest BCUT2D eigenvalue weighted by molar-refractivity contribution is -0.121. The molecule has 172 valence electrons. The Morgan fingerprint density at radius 1 is 1.00 bits per heavy atom. The molecule has 0 bridgehead atoms. The molecule has 3 aromatic heterocycles. The molecule has 0 fully saturated rings. The maximum absolute atomic E-state index is 12.9. The van der Waals surface area contributed by atoms with Crippen LogP contribution >= 0.6 is 0 Å². The molecule has 1 aromatic carbocycles. The van der Waals surface area contributed by atoms with Crippen molar-refractivity contribution in [3.8, 4) is 17.3 Å². The van der Waals surface area contributed by atoms with Crippen LogP contribution in [0.3, 0.4) is 0 Å². The van der Waals surface area contributed by atoms with E-state index < -0.39 is 0 Å². The highest BCUT2D eigenvalue weighted by atomic mass is 16.5. The average Bonchev–Trinajstić information content (AvgIpc) is 3.30. The summed E-state index contributed by atoms with van der Waals surface area (Å²) in [5.41, 5.74) is 5.69. The summed E-state index contributed by atoms with van der Waals surface area (Å²) in [6.07, 6.45) is 0. The summed E-state index contributed by atoms with van der Waals surface area (Å²) in [6.45, 7) is 8.49. The highest BCUT2D eigenvalue weighted by Gasteiger charge is 2.20. The zero-order valence-electron chi connectivity index (χ0n) is 19.9. The van der Waals surface area contributed by atoms with E-state index >= 15 is 0 Å². The van der Waals surface area contributed by atoms with E-state index in [-0.39, 0.29) is 12.5 Å². The monoisotopic (exact) mass is 447 g/mol. The van der Waals surface area contributed by atoms with Crippen LogP contribution in [0, 0.1) is 27.7 Å². The number of hydrogen-bond acceptors (Lipinski definition) is 5. The summed E-state index contributed by atoms with van der Waals surface area (Å²) in [5, 5.41) is 8.74. The van der Waals surface area contributed by atoms with Gasteiger partial charge in [-0.25, -0.2) is 9.67 Å². The third-order valence-corrected chi connectivity index (χ3v) is 5.76. The number of nitrogens with one attached hydrogen (secondary N) is 1. The Hall–Kier alpha value is -3.81. The van der Waals surface area contributed by atoms with E-state index in [4.69, 9.17) is 19.6 Å². The van der Waals surface area contributed by atoms with Gasteiger partial charge in [0.1, 0.15) is 18.0 Å². The van der Waals surface area contributed by atoms with Crippen LogP contribution in [0.5, 0.6) is 11.5 Å². The van der Waals surface area contributed by atoms with Gasteiger partial charge in [0.15, 0.2) is 11.5 Å². The van der Waals surface area contributed by atoms with Crippen molar-refractivity contribution in [2.45, 2.75) is 40.8 Å². The molecule has 0 aliphatic rings. The Kier molecular flexibility index (Phi) is 6.09. The quantitative estimate of drug-likeness (QED) is 0.466. The Morgan fingerprint density at radius 3 is 2.39 bits per heavy atom. The number of nitrogens with zero attached hydrogens (tertiary/aromatic N) is 4. The van der Waals surface area contributed by atoms with Crippen LogP contribution in [0.25, 0.3) is 16.9 Å². The second kappa shape index (κ2) is 8.97. The third kappa shape index (κ3) is 4.28. The van der Waals surface area contributed by atoms with E-state index in [1.807, 2.05) is 39.0 Å². The molecule has 0 unspecified atom stereocenters. The second-order valence-electron chi connectivity index (χ2n) is 8.17. The summed E-state index contributed by atoms with van der Waals surface area (Å²) in [4.78, 5) is 17.6. The molecule has 33 heavy (non-hydrogen) atoms. The molecule has 0 atom stereocenters. The Bertz CT molecular complexity index is 1320. The number of benzene rings is 1. The van der Waals surface area contributed by atoms with Gasteiger partial charge in [0, 0.05) is 35.3 Å². The number of methoxy groups -OCH3 is 2. The molecule has 0 aliphatic heterocycles. The van der Waals surface area contributed by atoms with Gasteiger partial charge in [-0.3, -0.25) is 4.79 Å². The molecule has 3 heterocycles. The summed E-state index contributed by atoms with van der Waals surface area (Å²) in [7, 11) is 3.20. The molecular formula is C25H29N5O3. The predicted molar refractivity (Wildman–Crippen MR) is 127 cm³/mol. The van der Waals surface area contributed by atoms with Crippen molar-refractivity contribution in [2.75, 3.05) is 14.2 Å². The third-order valence-electron chi connectivity index (χ3n) is 5.76. The van der Waals surface area contributed by atoms with Gasteiger partial charge in [0.25, 0.3) is 0 Å². The first kappa shape index (κ1) is 22.4. The minimum atomic E-state index is -0.161. The largest absolute Gasteiger partial charge is 0.497 e. The minimum absolute atomic E-state index is 0.0597. The van der Waals surface area contributed by atoms with E-state index in [0.717, 1.165) is 39.4 Å². The molecule has 0 aliphatic carbocycles. The molecule has 0 radical (unpaired) electrons. The first-order valence-electron chi connectivity index (χ1n) is 10.8. The van der Waals surface area contributed by atoms with E-state index in [1.54, 1.807) is 25.0 Å². The predicted octanol–water partition coefficient (Wildman–Crippen LogP) is 3.79. The number of carbonyl (C=O) groups excluding carboxylic acids is 1. The van der Waals surface area contributed by atoms with Gasteiger partial charge in [0.2, 0.25) is 5.91 Å². The Balaban J connectivity index is 1.63. The lowest BCUT2D eigenvalue weighted by Gasteiger charge is -2.11. The maximum atomic E-state index is 12.9. The van der Waals surface area contributed by atoms with Crippen molar-refractivity contribution in [1.29, 1.82) is 0 Å². The fourth-order valence-corrected chi connectivity index (χ4v) is 4.14. The zero-order chi connectivity index (χ0) is 23.7. The van der Waals surface area contributed by atoms with Gasteiger partial charge >= 0.3 is 0 Å². The van der Waals surface area contributed by atoms with Crippen LogP contribution in [-0.4, -0.2) is 39.5 Å². The first-order chi connectivity index (χ1) is 15.8. The van der Waals surface area contributed by atoms with Crippen LogP contribution in [0.15, 0.2) is 36.4 Å². The van der Waals surface area contributed by atoms with Crippen molar-refractivity contribution in [3.05, 3.63) is 64.6 Å². The number of pyridine rings is 1. The minimum Gasteiger partial charge on any atom is -0.497 e. The molecule has 0 spiro atoms. The van der Waals surface area contributed by atoms with Crippen LogP contribution in [-0.2, 0) is 17.9 Å². The van der Waals surface area contributed by atoms with Crippen molar-refractivity contribution in [3.63, 3.8) is 0 Å². The number of hydrogen-bond donors (Lipinski definition) is 1. The summed E-state index contributed by atoms with van der Waals surface area (Å²) in [6, 6.07) is 11.7. The molecule has 4 rings (SSSR count). The molecule has 0 saturated carbocycles. The zero-order valence-corrected chi connectivity index (χ0v) is 19.9. The van der Waals surface area contributed by atoms with Crippen LogP contribution in [0.2, 0.25) is 0 Å². The molecule has 1 amide bonds. The fraction of sp³-hybridized carbons (Fsp3) is 0.320. The van der Waals surface area contributed by atoms with Crippen molar-refractivity contribution in [2.24, 2.45) is 0 Å². The van der Waals surface area contributed by atoms with Crippen molar-refractivity contribution >= 4 is 16.9 Å². The number of rotatable bonds is 7. The number of carbonyl (C=O) groups is 1. The molecular weight excluding hydrogens is 418 g/mol. The van der Waals surface area contributed by atoms with Gasteiger partial charge in [-0.15, -0.1) is 0 Å². The normalized spacial score (nSPS) is 11.1. The number of ether oxygens (including phenoxy) is 2. The van der Waals surface area contributed by atoms with E-state index in [1.165, 1.54) is 0 Å². The number of fused-ring (bicyclic) bond motifs is 1. The number of aromatic nitrogens is 4. The topological polar surface area (TPSA) is 83.2 Å². The molecule has 0 saturated heterocycles. The first-order valence-corrected chi connectivity index (χ1v) is 10.8. The fourth-order valence-electron chi connectivity index (χ4n) is 4.14. The Labute approximate surface area is 193 Å². The average molecular weight is 448 g/mol. The van der Waals surface area contributed by atoms with Gasteiger partial charge in [-0.1, -0.05) is 0 Å². The molecule has 8 nitrogen and oxygen atoms in total. The summed E-state index contributed by atoms with van der Waals surface area (Å²) in [5.74, 6) is 1.99. The van der Waals surface area contributed by atoms with Gasteiger partial charge < -0.3 is 19.4 Å². The van der Waals surface area contributed by atoms with Crippen LogP contribution in [0.4, 0.5) is 0 Å². The van der Waals surface area contributed by atoms with E-state index in [2.05, 4.69) is 28.9 Å². The molecule has 1 N–H and O–H groups in total. The Morgan fingerprint density at radius 2 is 1.73 bits per heavy atom. The number of aryl methyl sites for hydroxylation is 4. The lowest BCUT2D eigenvalue weighted by Crippen LogP contribution is -2.28. The summed E-state index contributed by atoms with van der Waals surface area (Å²) < 4.78 is 14.5. The van der Waals surface area contributed by atoms with Gasteiger partial charge in [0.05, 0.1) is 19.6 Å². The summed E-state index contributed by atoms with van der Waals surface area (Å²) >= 11 is 0.